The number of nitrogens with one attached hydrogen (secondary N) is 1. The van der Waals surface area contributed by atoms with Gasteiger partial charge in [0.15, 0.2) is 0 Å². The largest absolute Gasteiger partial charge is 0.370 e. The summed E-state index contributed by atoms with van der Waals surface area (Å²) >= 11 is 0. The molecular weight excluding hydrogens is 224 g/mol. The second-order valence-corrected chi connectivity index (χ2v) is 4.80. The van der Waals surface area contributed by atoms with Gasteiger partial charge in [0.25, 0.3) is 0 Å². The van der Waals surface area contributed by atoms with Crippen molar-refractivity contribution >= 4 is 17.8 Å². The molecule has 0 spiro atoms. The molecule has 1 aromatic heterocycles. The lowest BCUT2D eigenvalue weighted by Crippen LogP contribution is -2.10. The first-order valence-electron chi connectivity index (χ1n) is 6.81. The van der Waals surface area contributed by atoms with Gasteiger partial charge in [-0.05, 0) is 37.3 Å². The van der Waals surface area contributed by atoms with Gasteiger partial charge in [-0.2, -0.15) is 0 Å². The highest BCUT2D eigenvalue weighted by atomic mass is 16.1. The molecule has 0 atom stereocenters. The fraction of sp³-hybridized carbons (Fsp3) is 0.533. The Hall–Kier alpha value is -1.60. The van der Waals surface area contributed by atoms with Crippen LogP contribution in [0.25, 0.3) is 6.08 Å². The molecule has 3 nitrogen and oxygen atoms in total. The van der Waals surface area contributed by atoms with E-state index in [0.29, 0.717) is 11.6 Å². The van der Waals surface area contributed by atoms with Gasteiger partial charge in [0.05, 0.1) is 5.69 Å². The fourth-order valence-electron chi connectivity index (χ4n) is 2.68. The Labute approximate surface area is 108 Å². The molecule has 1 heterocycles. The molecular formula is C15H20N2O. The van der Waals surface area contributed by atoms with Crippen molar-refractivity contribution in [3.05, 3.63) is 23.4 Å². The van der Waals surface area contributed by atoms with Crippen LogP contribution in [0.2, 0.25) is 0 Å². The smallest absolute Gasteiger partial charge is 0.130 e. The summed E-state index contributed by atoms with van der Waals surface area (Å²) in [6.07, 6.45) is 7.86. The van der Waals surface area contributed by atoms with Crippen LogP contribution in [-0.2, 0) is 4.79 Å². The minimum atomic E-state index is 0.620. The molecule has 18 heavy (non-hydrogen) atoms. The minimum Gasteiger partial charge on any atom is -0.370 e. The summed E-state index contributed by atoms with van der Waals surface area (Å²) in [7, 11) is 0. The fourth-order valence-corrected chi connectivity index (χ4v) is 2.68. The molecule has 0 bridgehead atoms. The van der Waals surface area contributed by atoms with E-state index in [0.717, 1.165) is 12.4 Å². The predicted molar refractivity (Wildman–Crippen MR) is 74.4 cm³/mol. The topological polar surface area (TPSA) is 42.0 Å². The quantitative estimate of drug-likeness (QED) is 0.825. The lowest BCUT2D eigenvalue weighted by atomic mass is 9.84. The summed E-state index contributed by atoms with van der Waals surface area (Å²) in [5.41, 5.74) is 1.99. The first kappa shape index (κ1) is 12.8. The zero-order valence-electron chi connectivity index (χ0n) is 10.9. The SMILES string of the molecule is CCNc1nc(C=C=O)ccc1C1CCCCC1. The van der Waals surface area contributed by atoms with E-state index < -0.39 is 0 Å². The van der Waals surface area contributed by atoms with Crippen LogP contribution in [0.5, 0.6) is 0 Å². The third-order valence-electron chi connectivity index (χ3n) is 3.54. The first-order chi connectivity index (χ1) is 8.85. The van der Waals surface area contributed by atoms with Crippen LogP contribution in [0, 0.1) is 0 Å². The standard InChI is InChI=1S/C15H20N2O/c1-2-16-15-14(12-6-4-3-5-7-12)9-8-13(17-15)10-11-18/h8-10,12H,2-7H2,1H3,(H,16,17). The molecule has 0 aromatic carbocycles. The molecule has 1 fully saturated rings. The Bertz CT molecular complexity index is 444. The van der Waals surface area contributed by atoms with E-state index in [4.69, 9.17) is 0 Å². The summed E-state index contributed by atoms with van der Waals surface area (Å²) in [6.45, 7) is 2.91. The predicted octanol–water partition coefficient (Wildman–Crippen LogP) is 3.41. The first-order valence-corrected chi connectivity index (χ1v) is 6.81. The van der Waals surface area contributed by atoms with Crippen molar-refractivity contribution in [1.82, 2.24) is 4.98 Å². The molecule has 0 amide bonds. The van der Waals surface area contributed by atoms with Crippen LogP contribution in [0.15, 0.2) is 12.1 Å². The van der Waals surface area contributed by atoms with Crippen molar-refractivity contribution in [3.8, 4) is 0 Å². The Kier molecular flexibility index (Phi) is 4.54. The minimum absolute atomic E-state index is 0.620. The lowest BCUT2D eigenvalue weighted by Gasteiger charge is -2.24. The molecule has 1 saturated carbocycles. The van der Waals surface area contributed by atoms with E-state index in [1.165, 1.54) is 43.7 Å². The molecule has 0 aliphatic heterocycles. The summed E-state index contributed by atoms with van der Waals surface area (Å²) in [4.78, 5) is 14.9. The van der Waals surface area contributed by atoms with Crippen molar-refractivity contribution in [1.29, 1.82) is 0 Å². The molecule has 96 valence electrons. The van der Waals surface area contributed by atoms with Gasteiger partial charge < -0.3 is 5.32 Å². The van der Waals surface area contributed by atoms with Gasteiger partial charge in [-0.15, -0.1) is 0 Å². The summed E-state index contributed by atoms with van der Waals surface area (Å²) < 4.78 is 0. The number of aromatic nitrogens is 1. The number of nitrogens with zero attached hydrogens (tertiary/aromatic N) is 1. The van der Waals surface area contributed by atoms with Crippen molar-refractivity contribution < 1.29 is 4.79 Å². The van der Waals surface area contributed by atoms with E-state index in [-0.39, 0.29) is 0 Å². The van der Waals surface area contributed by atoms with Crippen molar-refractivity contribution in [3.63, 3.8) is 0 Å². The summed E-state index contributed by atoms with van der Waals surface area (Å²) in [5.74, 6) is 3.35. The molecule has 0 saturated heterocycles. The maximum absolute atomic E-state index is 10.4. The Morgan fingerprint density at radius 3 is 2.83 bits per heavy atom. The zero-order chi connectivity index (χ0) is 12.8. The molecule has 0 unspecified atom stereocenters. The van der Waals surface area contributed by atoms with Crippen LogP contribution in [0.4, 0.5) is 5.82 Å². The Balaban J connectivity index is 2.29. The van der Waals surface area contributed by atoms with Crippen molar-refractivity contribution in [2.75, 3.05) is 11.9 Å². The number of carbonyl (C=O) groups excluding carboxylic acids is 1. The molecule has 1 aliphatic rings. The van der Waals surface area contributed by atoms with Gasteiger partial charge in [0.1, 0.15) is 11.8 Å². The Morgan fingerprint density at radius 2 is 2.17 bits per heavy atom. The van der Waals surface area contributed by atoms with Gasteiger partial charge in [0.2, 0.25) is 0 Å². The molecule has 0 radical (unpaired) electrons. The van der Waals surface area contributed by atoms with Crippen LogP contribution < -0.4 is 5.32 Å². The van der Waals surface area contributed by atoms with E-state index in [1.807, 2.05) is 6.07 Å². The van der Waals surface area contributed by atoms with E-state index in [9.17, 15) is 4.79 Å². The average Bonchev–Trinajstić information content (AvgIpc) is 2.41. The van der Waals surface area contributed by atoms with E-state index in [2.05, 4.69) is 23.3 Å². The van der Waals surface area contributed by atoms with Crippen LogP contribution in [0.1, 0.15) is 56.2 Å². The second kappa shape index (κ2) is 6.36. The van der Waals surface area contributed by atoms with Gasteiger partial charge in [-0.1, -0.05) is 25.3 Å². The second-order valence-electron chi connectivity index (χ2n) is 4.80. The monoisotopic (exact) mass is 244 g/mol. The molecule has 1 aliphatic carbocycles. The van der Waals surface area contributed by atoms with E-state index in [1.54, 1.807) is 5.94 Å². The van der Waals surface area contributed by atoms with Crippen molar-refractivity contribution in [2.24, 2.45) is 0 Å². The number of hydrogen-bond acceptors (Lipinski definition) is 3. The maximum Gasteiger partial charge on any atom is 0.130 e. The number of hydrogen-bond donors (Lipinski definition) is 1. The maximum atomic E-state index is 10.4. The van der Waals surface area contributed by atoms with Crippen LogP contribution in [-0.4, -0.2) is 17.5 Å². The third-order valence-corrected chi connectivity index (χ3v) is 3.54. The molecule has 1 aromatic rings. The third kappa shape index (κ3) is 2.99. The molecule has 3 heteroatoms. The highest BCUT2D eigenvalue weighted by Crippen LogP contribution is 2.35. The summed E-state index contributed by atoms with van der Waals surface area (Å²) in [5, 5.41) is 3.31. The molecule has 1 N–H and O–H groups in total. The van der Waals surface area contributed by atoms with Gasteiger partial charge in [0, 0.05) is 12.6 Å². The van der Waals surface area contributed by atoms with Crippen molar-refractivity contribution in [2.45, 2.75) is 44.9 Å². The highest BCUT2D eigenvalue weighted by molar-refractivity contribution is 5.73. The average molecular weight is 244 g/mol. The zero-order valence-corrected chi connectivity index (χ0v) is 10.9. The van der Waals surface area contributed by atoms with Crippen LogP contribution in [0.3, 0.4) is 0 Å². The number of pyridine rings is 1. The van der Waals surface area contributed by atoms with Gasteiger partial charge in [-0.3, -0.25) is 0 Å². The summed E-state index contributed by atoms with van der Waals surface area (Å²) in [6, 6.07) is 4.03. The lowest BCUT2D eigenvalue weighted by molar-refractivity contribution is 0.443. The normalized spacial score (nSPS) is 16.1. The highest BCUT2D eigenvalue weighted by Gasteiger charge is 2.19. The number of rotatable bonds is 4. The van der Waals surface area contributed by atoms with Crippen LogP contribution >= 0.6 is 0 Å². The number of anilines is 1. The van der Waals surface area contributed by atoms with Gasteiger partial charge >= 0.3 is 0 Å². The Morgan fingerprint density at radius 1 is 1.39 bits per heavy atom. The van der Waals surface area contributed by atoms with E-state index >= 15 is 0 Å². The molecule has 2 rings (SSSR count). The van der Waals surface area contributed by atoms with Gasteiger partial charge in [-0.25, -0.2) is 9.78 Å².